The summed E-state index contributed by atoms with van der Waals surface area (Å²) in [4.78, 5) is 39.2. The molecule has 1 unspecified atom stereocenters. The number of aromatic carboxylic acids is 1. The number of Topliss-reactive ketones (excluding diaryl/α,β-unsaturated/α-hetero) is 1. The third kappa shape index (κ3) is 5.01. The summed E-state index contributed by atoms with van der Waals surface area (Å²) < 4.78 is 11.0. The molecule has 3 aromatic rings. The number of likely N-dealkylation sites (tertiary alicyclic amines) is 1. The molecule has 0 aromatic heterocycles. The zero-order valence-electron chi connectivity index (χ0n) is 20.1. The average Bonchev–Trinajstić information content (AvgIpc) is 3.14. The smallest absolute Gasteiger partial charge is 0.335 e. The summed E-state index contributed by atoms with van der Waals surface area (Å²) in [6.45, 7) is 2.18. The molecular weight excluding hydrogens is 498 g/mol. The molecule has 1 aliphatic heterocycles. The van der Waals surface area contributed by atoms with E-state index >= 15 is 0 Å². The number of carbonyl (C=O) groups excluding carboxylic acids is 2. The first-order chi connectivity index (χ1) is 17.8. The molecule has 8 nitrogen and oxygen atoms in total. The van der Waals surface area contributed by atoms with Gasteiger partial charge in [0.2, 0.25) is 0 Å². The van der Waals surface area contributed by atoms with Crippen LogP contribution < -0.4 is 9.47 Å². The van der Waals surface area contributed by atoms with Gasteiger partial charge in [0.25, 0.3) is 11.7 Å². The lowest BCUT2D eigenvalue weighted by atomic mass is 9.94. The van der Waals surface area contributed by atoms with E-state index in [9.17, 15) is 24.6 Å². The van der Waals surface area contributed by atoms with E-state index in [2.05, 4.69) is 0 Å². The molecule has 3 aromatic carbocycles. The molecule has 1 atom stereocenters. The Bertz CT molecular complexity index is 1400. The summed E-state index contributed by atoms with van der Waals surface area (Å²) >= 11 is 6.38. The Morgan fingerprint density at radius 3 is 2.38 bits per heavy atom. The maximum Gasteiger partial charge on any atom is 0.335 e. The number of para-hydroxylation sites is 1. The van der Waals surface area contributed by atoms with Crippen LogP contribution in [0.3, 0.4) is 0 Å². The van der Waals surface area contributed by atoms with Crippen molar-refractivity contribution in [2.75, 3.05) is 13.7 Å². The first kappa shape index (κ1) is 25.8. The van der Waals surface area contributed by atoms with Gasteiger partial charge in [0, 0.05) is 17.7 Å². The predicted octanol–water partition coefficient (Wildman–Crippen LogP) is 5.07. The molecule has 0 spiro atoms. The van der Waals surface area contributed by atoms with Crippen molar-refractivity contribution in [2.45, 2.75) is 19.5 Å². The number of benzene rings is 3. The van der Waals surface area contributed by atoms with Gasteiger partial charge in [-0.1, -0.05) is 41.9 Å². The second-order valence-electron chi connectivity index (χ2n) is 8.25. The van der Waals surface area contributed by atoms with Crippen LogP contribution in [0.25, 0.3) is 5.76 Å². The number of carbonyl (C=O) groups is 3. The summed E-state index contributed by atoms with van der Waals surface area (Å²) in [5.74, 6) is -2.36. The van der Waals surface area contributed by atoms with Gasteiger partial charge in [0.1, 0.15) is 17.3 Å². The number of aliphatic hydroxyl groups is 1. The van der Waals surface area contributed by atoms with Crippen molar-refractivity contribution in [3.63, 3.8) is 0 Å². The fourth-order valence-corrected chi connectivity index (χ4v) is 4.50. The second-order valence-corrected chi connectivity index (χ2v) is 8.65. The fraction of sp³-hybridized carbons (Fsp3) is 0.179. The number of amides is 1. The highest BCUT2D eigenvalue weighted by atomic mass is 35.5. The summed E-state index contributed by atoms with van der Waals surface area (Å²) in [5.41, 5.74) is 1.19. The Labute approximate surface area is 218 Å². The zero-order chi connectivity index (χ0) is 26.7. The number of rotatable bonds is 8. The number of carboxylic acid groups (broad SMARTS) is 1. The van der Waals surface area contributed by atoms with Crippen molar-refractivity contribution in [3.05, 3.63) is 99.6 Å². The van der Waals surface area contributed by atoms with Crippen LogP contribution in [0.2, 0.25) is 5.02 Å². The van der Waals surface area contributed by atoms with Crippen molar-refractivity contribution in [2.24, 2.45) is 0 Å². The minimum Gasteiger partial charge on any atom is -0.507 e. The number of halogens is 1. The van der Waals surface area contributed by atoms with Crippen LogP contribution in [0.1, 0.15) is 40.0 Å². The van der Waals surface area contributed by atoms with Crippen molar-refractivity contribution in [3.8, 4) is 11.5 Å². The van der Waals surface area contributed by atoms with Crippen LogP contribution in [0.15, 0.2) is 72.3 Å². The Kier molecular flexibility index (Phi) is 7.50. The number of aliphatic hydroxyl groups excluding tert-OH is 1. The number of hydrogen-bond donors (Lipinski definition) is 2. The van der Waals surface area contributed by atoms with Crippen molar-refractivity contribution >= 4 is 35.0 Å². The van der Waals surface area contributed by atoms with Gasteiger partial charge in [-0.05, 0) is 48.9 Å². The van der Waals surface area contributed by atoms with Crippen LogP contribution >= 0.6 is 11.6 Å². The number of nitrogens with zero attached hydrogens (tertiary/aromatic N) is 1. The molecule has 9 heteroatoms. The fourth-order valence-electron chi connectivity index (χ4n) is 4.30. The Balaban J connectivity index is 1.88. The van der Waals surface area contributed by atoms with E-state index in [0.717, 1.165) is 0 Å². The lowest BCUT2D eigenvalue weighted by Crippen LogP contribution is -2.29. The van der Waals surface area contributed by atoms with Gasteiger partial charge in [0.15, 0.2) is 0 Å². The molecule has 4 rings (SSSR count). The number of ether oxygens (including phenoxy) is 2. The third-order valence-corrected chi connectivity index (χ3v) is 6.36. The van der Waals surface area contributed by atoms with Crippen LogP contribution in [-0.4, -0.2) is 46.5 Å². The molecule has 190 valence electrons. The van der Waals surface area contributed by atoms with Crippen molar-refractivity contribution < 1.29 is 34.1 Å². The molecule has 0 aliphatic carbocycles. The van der Waals surface area contributed by atoms with Gasteiger partial charge in [0.05, 0.1) is 35.9 Å². The van der Waals surface area contributed by atoms with Crippen molar-refractivity contribution in [1.82, 2.24) is 4.90 Å². The monoisotopic (exact) mass is 521 g/mol. The maximum atomic E-state index is 13.4. The van der Waals surface area contributed by atoms with E-state index in [1.54, 1.807) is 48.5 Å². The quantitative estimate of drug-likeness (QED) is 0.242. The highest BCUT2D eigenvalue weighted by molar-refractivity contribution is 6.47. The second kappa shape index (κ2) is 10.8. The van der Waals surface area contributed by atoms with Crippen LogP contribution in [0.5, 0.6) is 11.5 Å². The molecule has 37 heavy (non-hydrogen) atoms. The van der Waals surface area contributed by atoms with Gasteiger partial charge in [-0.2, -0.15) is 0 Å². The van der Waals surface area contributed by atoms with E-state index in [1.165, 1.54) is 30.2 Å². The van der Waals surface area contributed by atoms with Gasteiger partial charge in [-0.25, -0.2) is 4.79 Å². The largest absolute Gasteiger partial charge is 0.507 e. The lowest BCUT2D eigenvalue weighted by Gasteiger charge is -2.26. The highest BCUT2D eigenvalue weighted by Gasteiger charge is 2.47. The Morgan fingerprint density at radius 1 is 1.03 bits per heavy atom. The summed E-state index contributed by atoms with van der Waals surface area (Å²) in [5, 5.41) is 20.8. The number of carboxylic acids is 1. The van der Waals surface area contributed by atoms with E-state index in [-0.39, 0.29) is 28.3 Å². The topological polar surface area (TPSA) is 113 Å². The predicted molar refractivity (Wildman–Crippen MR) is 137 cm³/mol. The van der Waals surface area contributed by atoms with E-state index in [0.29, 0.717) is 29.2 Å². The summed E-state index contributed by atoms with van der Waals surface area (Å²) in [6.07, 6.45) is 0. The first-order valence-electron chi connectivity index (χ1n) is 11.4. The van der Waals surface area contributed by atoms with Gasteiger partial charge < -0.3 is 24.6 Å². The molecule has 2 N–H and O–H groups in total. The van der Waals surface area contributed by atoms with Gasteiger partial charge in [-0.3, -0.25) is 9.59 Å². The average molecular weight is 522 g/mol. The molecule has 1 amide bonds. The van der Waals surface area contributed by atoms with Crippen LogP contribution in [0.4, 0.5) is 0 Å². The van der Waals surface area contributed by atoms with E-state index in [1.807, 2.05) is 6.92 Å². The Morgan fingerprint density at radius 2 is 1.73 bits per heavy atom. The van der Waals surface area contributed by atoms with Gasteiger partial charge >= 0.3 is 5.97 Å². The van der Waals surface area contributed by atoms with Crippen LogP contribution in [0, 0.1) is 0 Å². The molecule has 0 bridgehead atoms. The molecule has 1 heterocycles. The molecule has 0 radical (unpaired) electrons. The van der Waals surface area contributed by atoms with E-state index in [4.69, 9.17) is 21.1 Å². The van der Waals surface area contributed by atoms with Crippen molar-refractivity contribution in [1.29, 1.82) is 0 Å². The third-order valence-electron chi connectivity index (χ3n) is 6.03. The Hall–Kier alpha value is -4.30. The summed E-state index contributed by atoms with van der Waals surface area (Å²) in [6, 6.07) is 16.6. The highest BCUT2D eigenvalue weighted by Crippen LogP contribution is 2.44. The summed E-state index contributed by atoms with van der Waals surface area (Å²) in [7, 11) is 1.47. The standard InChI is InChI=1S/C28H24ClNO7/c1-3-37-18-12-13-21(29)20(14-18)25(31)23-24(19-6-4-5-7-22(19)36-2)30(27(33)26(23)32)15-16-8-10-17(11-9-16)28(34)35/h4-14,24,31H,3,15H2,1-2H3,(H,34,35)/b25-23+. The molecule has 1 fully saturated rings. The molecular formula is C28H24ClNO7. The SMILES string of the molecule is CCOc1ccc(Cl)c(/C(O)=C2\C(=O)C(=O)N(Cc3ccc(C(=O)O)cc3)C2c2ccccc2OC)c1. The molecule has 1 saturated heterocycles. The van der Waals surface area contributed by atoms with E-state index < -0.39 is 29.5 Å². The minimum absolute atomic E-state index is 0.0172. The zero-order valence-corrected chi connectivity index (χ0v) is 20.9. The molecule has 1 aliphatic rings. The number of hydrogen-bond acceptors (Lipinski definition) is 6. The van der Waals surface area contributed by atoms with Gasteiger partial charge in [-0.15, -0.1) is 0 Å². The maximum absolute atomic E-state index is 13.4. The number of ketones is 1. The van der Waals surface area contributed by atoms with Crippen LogP contribution in [-0.2, 0) is 16.1 Å². The number of methoxy groups -OCH3 is 1. The normalized spacial score (nSPS) is 16.6. The first-order valence-corrected chi connectivity index (χ1v) is 11.8. The lowest BCUT2D eigenvalue weighted by molar-refractivity contribution is -0.140. The minimum atomic E-state index is -1.08. The molecule has 0 saturated carbocycles.